The van der Waals surface area contributed by atoms with Gasteiger partial charge in [0.25, 0.3) is 0 Å². The highest BCUT2D eigenvalue weighted by molar-refractivity contribution is 6.09. The lowest BCUT2D eigenvalue weighted by molar-refractivity contribution is 1.09. The van der Waals surface area contributed by atoms with E-state index in [0.717, 1.165) is 23.8 Å². The van der Waals surface area contributed by atoms with Crippen molar-refractivity contribution in [3.05, 3.63) is 58.9 Å². The topological polar surface area (TPSA) is 37.3 Å². The molecule has 0 bridgehead atoms. The average molecular weight is 237 g/mol. The van der Waals surface area contributed by atoms with E-state index in [9.17, 15) is 0 Å². The Morgan fingerprint density at radius 2 is 2.00 bits per heavy atom. The van der Waals surface area contributed by atoms with Crippen LogP contribution >= 0.6 is 0 Å². The van der Waals surface area contributed by atoms with Gasteiger partial charge in [0.1, 0.15) is 5.69 Å². The highest BCUT2D eigenvalue weighted by atomic mass is 15.0. The number of aromatic nitrogens is 1. The number of nitrogens with zero attached hydrogens (tertiary/aromatic N) is 2. The summed E-state index contributed by atoms with van der Waals surface area (Å²) in [5.41, 5.74) is 5.79. The zero-order valence-corrected chi connectivity index (χ0v) is 10.6. The number of anilines is 1. The predicted octanol–water partition coefficient (Wildman–Crippen LogP) is 3.07. The molecule has 1 aromatic heterocycles. The van der Waals surface area contributed by atoms with Crippen LogP contribution in [0.1, 0.15) is 22.4 Å². The molecule has 0 aliphatic carbocycles. The molecule has 2 aromatic rings. The van der Waals surface area contributed by atoms with Crippen LogP contribution in [0.15, 0.2) is 41.5 Å². The van der Waals surface area contributed by atoms with Crippen molar-refractivity contribution >= 4 is 11.5 Å². The lowest BCUT2D eigenvalue weighted by Crippen LogP contribution is -2.13. The quantitative estimate of drug-likeness (QED) is 0.827. The molecule has 0 atom stereocenters. The molecule has 0 spiro atoms. The number of rotatable bonds is 1. The standard InChI is InChI=1S/C15H15N3/c1-10-5-6-13(8-11(10)2)18-15-14-12(9-17-15)4-3-7-16-14/h3-8H,9H2,1-2H3,(H,17,18). The van der Waals surface area contributed by atoms with Gasteiger partial charge in [0.05, 0.1) is 6.54 Å². The number of hydrogen-bond donors (Lipinski definition) is 1. The van der Waals surface area contributed by atoms with Gasteiger partial charge in [-0.2, -0.15) is 0 Å². The molecule has 1 aromatic carbocycles. The number of amidine groups is 1. The Balaban J connectivity index is 1.88. The monoisotopic (exact) mass is 237 g/mol. The SMILES string of the molecule is Cc1ccc(NC2=NCc3cccnc32)cc1C. The summed E-state index contributed by atoms with van der Waals surface area (Å²) in [5.74, 6) is 0.869. The number of aryl methyl sites for hydroxylation is 2. The molecule has 1 aliphatic heterocycles. The zero-order chi connectivity index (χ0) is 12.5. The van der Waals surface area contributed by atoms with E-state index >= 15 is 0 Å². The van der Waals surface area contributed by atoms with Crippen LogP contribution in [0.5, 0.6) is 0 Å². The summed E-state index contributed by atoms with van der Waals surface area (Å²) < 4.78 is 0. The predicted molar refractivity (Wildman–Crippen MR) is 74.0 cm³/mol. The molecule has 3 rings (SSSR count). The third-order valence-electron chi connectivity index (χ3n) is 3.29. The van der Waals surface area contributed by atoms with E-state index in [1.54, 1.807) is 0 Å². The largest absolute Gasteiger partial charge is 0.339 e. The lowest BCUT2D eigenvalue weighted by atomic mass is 10.1. The van der Waals surface area contributed by atoms with E-state index in [-0.39, 0.29) is 0 Å². The third kappa shape index (κ3) is 1.88. The first-order valence-corrected chi connectivity index (χ1v) is 6.07. The van der Waals surface area contributed by atoms with Crippen LogP contribution in [0.3, 0.4) is 0 Å². The minimum atomic E-state index is 0.719. The van der Waals surface area contributed by atoms with Gasteiger partial charge >= 0.3 is 0 Å². The molecule has 2 heterocycles. The Labute approximate surface area is 107 Å². The van der Waals surface area contributed by atoms with Crippen molar-refractivity contribution in [2.24, 2.45) is 4.99 Å². The first-order chi connectivity index (χ1) is 8.74. The molecule has 90 valence electrons. The van der Waals surface area contributed by atoms with E-state index in [0.29, 0.717) is 0 Å². The van der Waals surface area contributed by atoms with Gasteiger partial charge in [-0.1, -0.05) is 12.1 Å². The first-order valence-electron chi connectivity index (χ1n) is 6.07. The summed E-state index contributed by atoms with van der Waals surface area (Å²) in [6.45, 7) is 4.95. The fourth-order valence-corrected chi connectivity index (χ4v) is 2.07. The van der Waals surface area contributed by atoms with Gasteiger partial charge < -0.3 is 5.32 Å². The summed E-state index contributed by atoms with van der Waals surface area (Å²) in [4.78, 5) is 8.88. The minimum Gasteiger partial charge on any atom is -0.339 e. The average Bonchev–Trinajstić information content (AvgIpc) is 2.78. The molecule has 0 unspecified atom stereocenters. The Bertz CT molecular complexity index is 629. The Hall–Kier alpha value is -2.16. The smallest absolute Gasteiger partial charge is 0.152 e. The fraction of sp³-hybridized carbons (Fsp3) is 0.200. The van der Waals surface area contributed by atoms with Gasteiger partial charge in [0, 0.05) is 17.4 Å². The molecule has 1 N–H and O–H groups in total. The van der Waals surface area contributed by atoms with E-state index in [1.165, 1.54) is 16.7 Å². The number of fused-ring (bicyclic) bond motifs is 1. The van der Waals surface area contributed by atoms with Crippen molar-refractivity contribution in [3.8, 4) is 0 Å². The Morgan fingerprint density at radius 1 is 1.11 bits per heavy atom. The summed E-state index contributed by atoms with van der Waals surface area (Å²) in [7, 11) is 0. The lowest BCUT2D eigenvalue weighted by Gasteiger charge is -2.08. The minimum absolute atomic E-state index is 0.719. The molecular formula is C15H15N3. The highest BCUT2D eigenvalue weighted by Gasteiger charge is 2.16. The Morgan fingerprint density at radius 3 is 2.83 bits per heavy atom. The number of hydrogen-bond acceptors (Lipinski definition) is 3. The number of benzene rings is 1. The molecule has 3 nitrogen and oxygen atoms in total. The van der Waals surface area contributed by atoms with Crippen LogP contribution < -0.4 is 5.32 Å². The van der Waals surface area contributed by atoms with Crippen molar-refractivity contribution in [3.63, 3.8) is 0 Å². The zero-order valence-electron chi connectivity index (χ0n) is 10.6. The van der Waals surface area contributed by atoms with Gasteiger partial charge in [-0.15, -0.1) is 0 Å². The maximum atomic E-state index is 4.49. The van der Waals surface area contributed by atoms with Crippen molar-refractivity contribution in [2.75, 3.05) is 5.32 Å². The first kappa shape index (κ1) is 11.0. The van der Waals surface area contributed by atoms with Gasteiger partial charge in [-0.3, -0.25) is 9.98 Å². The van der Waals surface area contributed by atoms with Crippen LogP contribution in [-0.2, 0) is 6.54 Å². The maximum absolute atomic E-state index is 4.49. The van der Waals surface area contributed by atoms with E-state index in [4.69, 9.17) is 0 Å². The molecule has 3 heteroatoms. The molecule has 0 saturated carbocycles. The van der Waals surface area contributed by atoms with Gasteiger partial charge in [0.15, 0.2) is 5.84 Å². The van der Waals surface area contributed by atoms with Crippen LogP contribution in [0.4, 0.5) is 5.69 Å². The number of pyridine rings is 1. The molecule has 0 radical (unpaired) electrons. The molecule has 0 amide bonds. The van der Waals surface area contributed by atoms with E-state index < -0.39 is 0 Å². The van der Waals surface area contributed by atoms with Crippen LogP contribution in [0.25, 0.3) is 0 Å². The van der Waals surface area contributed by atoms with Gasteiger partial charge in [-0.05, 0) is 43.2 Å². The molecule has 1 aliphatic rings. The summed E-state index contributed by atoms with van der Waals surface area (Å²) in [5, 5.41) is 3.35. The van der Waals surface area contributed by atoms with Crippen LogP contribution in [0.2, 0.25) is 0 Å². The van der Waals surface area contributed by atoms with Crippen LogP contribution in [-0.4, -0.2) is 10.8 Å². The van der Waals surface area contributed by atoms with Crippen molar-refractivity contribution in [1.82, 2.24) is 4.98 Å². The molecule has 0 fully saturated rings. The van der Waals surface area contributed by atoms with Crippen molar-refractivity contribution in [2.45, 2.75) is 20.4 Å². The summed E-state index contributed by atoms with van der Waals surface area (Å²) in [6.07, 6.45) is 1.81. The highest BCUT2D eigenvalue weighted by Crippen LogP contribution is 2.19. The normalized spacial score (nSPS) is 13.1. The number of aliphatic imine (C=N–C) groups is 1. The molecule has 0 saturated heterocycles. The van der Waals surface area contributed by atoms with Crippen molar-refractivity contribution < 1.29 is 0 Å². The maximum Gasteiger partial charge on any atom is 0.152 e. The van der Waals surface area contributed by atoms with E-state index in [2.05, 4.69) is 53.4 Å². The number of nitrogens with one attached hydrogen (secondary N) is 1. The summed E-state index contributed by atoms with van der Waals surface area (Å²) >= 11 is 0. The van der Waals surface area contributed by atoms with Crippen LogP contribution in [0, 0.1) is 13.8 Å². The summed E-state index contributed by atoms with van der Waals surface area (Å²) in [6, 6.07) is 10.4. The van der Waals surface area contributed by atoms with Crippen molar-refractivity contribution in [1.29, 1.82) is 0 Å². The van der Waals surface area contributed by atoms with E-state index in [1.807, 2.05) is 12.3 Å². The second-order valence-electron chi connectivity index (χ2n) is 4.60. The van der Waals surface area contributed by atoms with Gasteiger partial charge in [-0.25, -0.2) is 0 Å². The third-order valence-corrected chi connectivity index (χ3v) is 3.29. The van der Waals surface area contributed by atoms with Gasteiger partial charge in [0.2, 0.25) is 0 Å². The Kier molecular flexibility index (Phi) is 2.59. The molecular weight excluding hydrogens is 222 g/mol. The second kappa shape index (κ2) is 4.26. The second-order valence-corrected chi connectivity index (χ2v) is 4.60. The fourth-order valence-electron chi connectivity index (χ4n) is 2.07. The molecule has 18 heavy (non-hydrogen) atoms.